The van der Waals surface area contributed by atoms with Crippen LogP contribution in [-0.4, -0.2) is 18.0 Å². The molecule has 0 aromatic heterocycles. The Kier molecular flexibility index (Phi) is 7.54. The van der Waals surface area contributed by atoms with Crippen molar-refractivity contribution in [3.63, 3.8) is 0 Å². The average molecular weight is 152 g/mol. The molecule has 0 radical (unpaired) electrons. The van der Waals surface area contributed by atoms with Crippen molar-refractivity contribution < 1.29 is 18.4 Å². The van der Waals surface area contributed by atoms with Gasteiger partial charge in [-0.15, -0.1) is 0 Å². The standard InChI is InChI=1S/C3H4F2O.C3H6O/c1-2(6)3(4)5;1-3(2)4/h3H,1H3;1-2H3. The summed E-state index contributed by atoms with van der Waals surface area (Å²) in [6.07, 6.45) is -2.79. The Hall–Kier alpha value is -0.800. The van der Waals surface area contributed by atoms with Gasteiger partial charge in [0, 0.05) is 6.92 Å². The maximum atomic E-state index is 10.8. The minimum atomic E-state index is -2.79. The van der Waals surface area contributed by atoms with E-state index < -0.39 is 12.2 Å². The van der Waals surface area contributed by atoms with Crippen molar-refractivity contribution in [3.8, 4) is 0 Å². The van der Waals surface area contributed by atoms with Gasteiger partial charge < -0.3 is 4.79 Å². The molecule has 0 saturated heterocycles. The number of carbonyl (C=O) groups excluding carboxylic acids is 2. The molecule has 0 aromatic rings. The minimum absolute atomic E-state index is 0.167. The number of alkyl halides is 2. The summed E-state index contributed by atoms with van der Waals surface area (Å²) in [5, 5.41) is 0. The fourth-order valence-electron chi connectivity index (χ4n) is 0. The van der Waals surface area contributed by atoms with E-state index in [0.717, 1.165) is 6.92 Å². The molecule has 0 rings (SSSR count). The highest BCUT2D eigenvalue weighted by atomic mass is 19.3. The summed E-state index contributed by atoms with van der Waals surface area (Å²) in [6.45, 7) is 3.91. The van der Waals surface area contributed by atoms with Crippen molar-refractivity contribution in [3.05, 3.63) is 0 Å². The van der Waals surface area contributed by atoms with Crippen LogP contribution in [0.2, 0.25) is 0 Å². The highest BCUT2D eigenvalue weighted by molar-refractivity contribution is 5.78. The molecule has 0 amide bonds. The zero-order valence-electron chi connectivity index (χ0n) is 6.15. The number of halogens is 2. The second kappa shape index (κ2) is 6.32. The Bertz CT molecular complexity index is 117. The van der Waals surface area contributed by atoms with Gasteiger partial charge in [-0.05, 0) is 13.8 Å². The van der Waals surface area contributed by atoms with Crippen LogP contribution in [0, 0.1) is 0 Å². The predicted molar refractivity (Wildman–Crippen MR) is 33.0 cm³/mol. The number of hydrogen-bond donors (Lipinski definition) is 0. The first-order valence-corrected chi connectivity index (χ1v) is 2.63. The molecule has 10 heavy (non-hydrogen) atoms. The molecule has 0 saturated carbocycles. The third-order valence-electron chi connectivity index (χ3n) is 0.307. The summed E-state index contributed by atoms with van der Waals surface area (Å²) in [6, 6.07) is 0. The van der Waals surface area contributed by atoms with E-state index in [2.05, 4.69) is 0 Å². The summed E-state index contributed by atoms with van der Waals surface area (Å²) in [7, 11) is 0. The van der Waals surface area contributed by atoms with E-state index in [1.165, 1.54) is 13.8 Å². The first-order valence-electron chi connectivity index (χ1n) is 2.63. The third-order valence-corrected chi connectivity index (χ3v) is 0.307. The van der Waals surface area contributed by atoms with Gasteiger partial charge in [0.05, 0.1) is 0 Å². The normalized spacial score (nSPS) is 8.20. The summed E-state index contributed by atoms with van der Waals surface area (Å²) in [5.41, 5.74) is 0. The molecule has 0 unspecified atom stereocenters. The van der Waals surface area contributed by atoms with Crippen LogP contribution in [0.3, 0.4) is 0 Å². The smallest absolute Gasteiger partial charge is 0.295 e. The zero-order chi connectivity index (χ0) is 8.73. The van der Waals surface area contributed by atoms with Crippen LogP contribution in [0.4, 0.5) is 8.78 Å². The van der Waals surface area contributed by atoms with E-state index in [-0.39, 0.29) is 5.78 Å². The number of ketones is 2. The third kappa shape index (κ3) is 27.0. The summed E-state index contributed by atoms with van der Waals surface area (Å²) in [4.78, 5) is 18.8. The summed E-state index contributed by atoms with van der Waals surface area (Å²) in [5.74, 6) is -0.907. The largest absolute Gasteiger partial charge is 0.300 e. The van der Waals surface area contributed by atoms with Gasteiger partial charge in [0.1, 0.15) is 5.78 Å². The Morgan fingerprint density at radius 2 is 1.20 bits per heavy atom. The van der Waals surface area contributed by atoms with Crippen LogP contribution >= 0.6 is 0 Å². The Morgan fingerprint density at radius 1 is 1.10 bits per heavy atom. The molecule has 0 fully saturated rings. The van der Waals surface area contributed by atoms with E-state index in [0.29, 0.717) is 0 Å². The van der Waals surface area contributed by atoms with Crippen molar-refractivity contribution in [2.24, 2.45) is 0 Å². The fraction of sp³-hybridized carbons (Fsp3) is 0.667. The molecule has 0 aromatic carbocycles. The van der Waals surface area contributed by atoms with Gasteiger partial charge in [-0.3, -0.25) is 4.79 Å². The van der Waals surface area contributed by atoms with Crippen molar-refractivity contribution in [1.82, 2.24) is 0 Å². The quantitative estimate of drug-likeness (QED) is 0.569. The van der Waals surface area contributed by atoms with E-state index in [1.807, 2.05) is 0 Å². The highest BCUT2D eigenvalue weighted by Gasteiger charge is 2.05. The van der Waals surface area contributed by atoms with Crippen molar-refractivity contribution in [1.29, 1.82) is 0 Å². The first kappa shape index (κ1) is 11.9. The SMILES string of the molecule is CC(=O)C(F)F.CC(C)=O. The van der Waals surface area contributed by atoms with Crippen LogP contribution in [-0.2, 0) is 9.59 Å². The number of rotatable bonds is 1. The van der Waals surface area contributed by atoms with Gasteiger partial charge in [-0.25, -0.2) is 8.78 Å². The molecule has 0 bridgehead atoms. The molecule has 0 aliphatic carbocycles. The topological polar surface area (TPSA) is 34.1 Å². The molecular formula is C6H10F2O2. The van der Waals surface area contributed by atoms with Gasteiger partial charge in [-0.2, -0.15) is 0 Å². The van der Waals surface area contributed by atoms with Crippen LogP contribution in [0.1, 0.15) is 20.8 Å². The molecule has 0 N–H and O–H groups in total. The minimum Gasteiger partial charge on any atom is -0.300 e. The summed E-state index contributed by atoms with van der Waals surface area (Å²) < 4.78 is 21.6. The van der Waals surface area contributed by atoms with Gasteiger partial charge in [-0.1, -0.05) is 0 Å². The van der Waals surface area contributed by atoms with Crippen LogP contribution < -0.4 is 0 Å². The molecule has 0 aliphatic rings. The average Bonchev–Trinajstić information content (AvgIpc) is 1.63. The Balaban J connectivity index is 0. The molecule has 0 atom stereocenters. The fourth-order valence-corrected chi connectivity index (χ4v) is 0. The molecule has 60 valence electrons. The van der Waals surface area contributed by atoms with Gasteiger partial charge in [0.15, 0.2) is 5.78 Å². The van der Waals surface area contributed by atoms with Gasteiger partial charge in [0.25, 0.3) is 6.43 Å². The first-order chi connectivity index (χ1) is 4.37. The molecule has 0 heterocycles. The van der Waals surface area contributed by atoms with Crippen LogP contribution in [0.25, 0.3) is 0 Å². The second-order valence-electron chi connectivity index (χ2n) is 1.82. The lowest BCUT2D eigenvalue weighted by atomic mass is 10.5. The summed E-state index contributed by atoms with van der Waals surface area (Å²) >= 11 is 0. The highest BCUT2D eigenvalue weighted by Crippen LogP contribution is 1.89. The Morgan fingerprint density at radius 3 is 1.20 bits per heavy atom. The molecule has 0 spiro atoms. The number of Topliss-reactive ketones (excluding diaryl/α,β-unsaturated/α-hetero) is 2. The predicted octanol–water partition coefficient (Wildman–Crippen LogP) is 1.44. The van der Waals surface area contributed by atoms with Crippen molar-refractivity contribution >= 4 is 11.6 Å². The van der Waals surface area contributed by atoms with Crippen molar-refractivity contribution in [2.75, 3.05) is 0 Å². The molecule has 4 heteroatoms. The zero-order valence-corrected chi connectivity index (χ0v) is 6.15. The second-order valence-corrected chi connectivity index (χ2v) is 1.82. The number of hydrogen-bond acceptors (Lipinski definition) is 2. The molecular weight excluding hydrogens is 142 g/mol. The maximum Gasteiger partial charge on any atom is 0.295 e. The lowest BCUT2D eigenvalue weighted by Gasteiger charge is -1.82. The lowest BCUT2D eigenvalue weighted by molar-refractivity contribution is -0.127. The van der Waals surface area contributed by atoms with Gasteiger partial charge in [0.2, 0.25) is 0 Å². The molecule has 2 nitrogen and oxygen atoms in total. The maximum absolute atomic E-state index is 10.8. The monoisotopic (exact) mass is 152 g/mol. The van der Waals surface area contributed by atoms with E-state index in [4.69, 9.17) is 0 Å². The van der Waals surface area contributed by atoms with E-state index in [1.54, 1.807) is 0 Å². The van der Waals surface area contributed by atoms with E-state index >= 15 is 0 Å². The van der Waals surface area contributed by atoms with Crippen LogP contribution in [0.15, 0.2) is 0 Å². The van der Waals surface area contributed by atoms with Crippen molar-refractivity contribution in [2.45, 2.75) is 27.2 Å². The van der Waals surface area contributed by atoms with Gasteiger partial charge >= 0.3 is 0 Å². The van der Waals surface area contributed by atoms with Crippen LogP contribution in [0.5, 0.6) is 0 Å². The number of carbonyl (C=O) groups is 2. The lowest BCUT2D eigenvalue weighted by Crippen LogP contribution is -2.02. The Labute approximate surface area is 58.2 Å². The molecule has 0 aliphatic heterocycles. The van der Waals surface area contributed by atoms with E-state index in [9.17, 15) is 18.4 Å².